The second kappa shape index (κ2) is 55.4. The first-order valence-electron chi connectivity index (χ1n) is 31.2. The maximum absolute atomic E-state index is 13.1. The molecular formula is C69H108O12. The van der Waals surface area contributed by atoms with Crippen LogP contribution in [-0.4, -0.2) is 89.2 Å². The first-order chi connectivity index (χ1) is 39.6. The van der Waals surface area contributed by atoms with E-state index in [9.17, 15) is 34.5 Å². The van der Waals surface area contributed by atoms with Crippen LogP contribution in [0.15, 0.2) is 134 Å². The zero-order valence-electron chi connectivity index (χ0n) is 50.2. The third-order valence-corrected chi connectivity index (χ3v) is 13.2. The summed E-state index contributed by atoms with van der Waals surface area (Å²) in [6, 6.07) is 0. The highest BCUT2D eigenvalue weighted by Gasteiger charge is 2.50. The van der Waals surface area contributed by atoms with E-state index in [-0.39, 0.29) is 25.9 Å². The normalized spacial score (nSPS) is 18.7. The summed E-state index contributed by atoms with van der Waals surface area (Å²) in [6.07, 6.45) is 66.0. The monoisotopic (exact) mass is 1130 g/mol. The second-order valence-electron chi connectivity index (χ2n) is 20.6. The molecule has 1 heterocycles. The van der Waals surface area contributed by atoms with Gasteiger partial charge >= 0.3 is 23.9 Å². The van der Waals surface area contributed by atoms with Crippen molar-refractivity contribution in [1.29, 1.82) is 0 Å². The molecule has 1 fully saturated rings. The van der Waals surface area contributed by atoms with Crippen LogP contribution < -0.4 is 0 Å². The van der Waals surface area contributed by atoms with Crippen LogP contribution in [0.25, 0.3) is 0 Å². The van der Waals surface area contributed by atoms with E-state index in [1.54, 1.807) is 6.08 Å². The maximum atomic E-state index is 13.1. The van der Waals surface area contributed by atoms with Gasteiger partial charge in [0, 0.05) is 12.8 Å². The number of rotatable bonds is 51. The molecule has 0 saturated carbocycles. The van der Waals surface area contributed by atoms with Crippen molar-refractivity contribution in [2.45, 2.75) is 263 Å². The van der Waals surface area contributed by atoms with E-state index in [0.717, 1.165) is 83.5 Å². The minimum atomic E-state index is -1.94. The molecule has 0 aromatic heterocycles. The smallest absolute Gasteiger partial charge is 0.335 e. The fourth-order valence-electron chi connectivity index (χ4n) is 8.53. The SMILES string of the molecule is CC/C=C\C/C=C\C/C=C\C/C=C\C/C=C\CCCC(=O)OC1C(OCC(COC(=O)CCCCCCCCCCC/C=C\CCCCCCCC)OC(=O)C/C=C\C/C=C\C/C=C\C/C=C\C/C=C\CC)OC(C(=O)O)C(O)C1O. The number of carboxylic acids is 1. The molecule has 0 bridgehead atoms. The Bertz CT molecular complexity index is 1920. The molecule has 6 atom stereocenters. The number of carbonyl (C=O) groups excluding carboxylic acids is 3. The van der Waals surface area contributed by atoms with E-state index < -0.39 is 67.3 Å². The lowest BCUT2D eigenvalue weighted by molar-refractivity contribution is -0.301. The number of carboxylic acid groups (broad SMARTS) is 1. The molecule has 3 N–H and O–H groups in total. The lowest BCUT2D eigenvalue weighted by Crippen LogP contribution is -2.61. The number of esters is 3. The molecule has 0 aliphatic carbocycles. The third kappa shape index (κ3) is 45.1. The average molecular weight is 1130 g/mol. The minimum absolute atomic E-state index is 0.0353. The van der Waals surface area contributed by atoms with Gasteiger partial charge in [0.2, 0.25) is 0 Å². The van der Waals surface area contributed by atoms with Gasteiger partial charge in [0.15, 0.2) is 24.6 Å². The predicted molar refractivity (Wildman–Crippen MR) is 330 cm³/mol. The van der Waals surface area contributed by atoms with Crippen molar-refractivity contribution in [2.24, 2.45) is 0 Å². The summed E-state index contributed by atoms with van der Waals surface area (Å²) in [5.41, 5.74) is 0. The van der Waals surface area contributed by atoms with E-state index in [1.165, 1.54) is 77.0 Å². The summed E-state index contributed by atoms with van der Waals surface area (Å²) in [6.45, 7) is 5.65. The highest BCUT2D eigenvalue weighted by molar-refractivity contribution is 5.74. The zero-order chi connectivity index (χ0) is 58.9. The van der Waals surface area contributed by atoms with Gasteiger partial charge in [0.1, 0.15) is 18.8 Å². The lowest BCUT2D eigenvalue weighted by Gasteiger charge is -2.40. The molecule has 0 aromatic carbocycles. The Balaban J connectivity index is 2.75. The van der Waals surface area contributed by atoms with Gasteiger partial charge in [-0.1, -0.05) is 231 Å². The Morgan fingerprint density at radius 3 is 1.30 bits per heavy atom. The Kier molecular flexibility index (Phi) is 50.5. The van der Waals surface area contributed by atoms with Crippen molar-refractivity contribution in [3.63, 3.8) is 0 Å². The van der Waals surface area contributed by atoms with Crippen LogP contribution in [0.3, 0.4) is 0 Å². The largest absolute Gasteiger partial charge is 0.479 e. The average Bonchev–Trinajstić information content (AvgIpc) is 3.53. The Morgan fingerprint density at radius 1 is 0.432 bits per heavy atom. The minimum Gasteiger partial charge on any atom is -0.479 e. The summed E-state index contributed by atoms with van der Waals surface area (Å²) < 4.78 is 28.3. The van der Waals surface area contributed by atoms with E-state index in [1.807, 2.05) is 30.4 Å². The van der Waals surface area contributed by atoms with Gasteiger partial charge in [-0.25, -0.2) is 4.79 Å². The van der Waals surface area contributed by atoms with Gasteiger partial charge in [-0.3, -0.25) is 14.4 Å². The molecule has 1 saturated heterocycles. The first kappa shape index (κ1) is 73.9. The predicted octanol–water partition coefficient (Wildman–Crippen LogP) is 16.6. The number of carbonyl (C=O) groups is 4. The molecule has 1 aliphatic rings. The van der Waals surface area contributed by atoms with Crippen LogP contribution >= 0.6 is 0 Å². The molecule has 1 aliphatic heterocycles. The number of aliphatic hydroxyl groups is 2. The number of allylic oxidation sites excluding steroid dienone is 21. The van der Waals surface area contributed by atoms with Crippen LogP contribution in [0.5, 0.6) is 0 Å². The molecular weight excluding hydrogens is 1020 g/mol. The topological polar surface area (TPSA) is 175 Å². The second-order valence-corrected chi connectivity index (χ2v) is 20.6. The van der Waals surface area contributed by atoms with E-state index in [0.29, 0.717) is 25.7 Å². The van der Waals surface area contributed by atoms with Crippen molar-refractivity contribution in [1.82, 2.24) is 0 Å². The van der Waals surface area contributed by atoms with Crippen LogP contribution in [0.2, 0.25) is 0 Å². The number of aliphatic carboxylic acids is 1. The fraction of sp³-hybridized carbons (Fsp3) is 0.623. The summed E-state index contributed by atoms with van der Waals surface area (Å²) in [7, 11) is 0. The van der Waals surface area contributed by atoms with Gasteiger partial charge in [-0.2, -0.15) is 0 Å². The molecule has 0 radical (unpaired) electrons. The van der Waals surface area contributed by atoms with E-state index in [4.69, 9.17) is 23.7 Å². The van der Waals surface area contributed by atoms with Crippen molar-refractivity contribution in [3.05, 3.63) is 134 Å². The highest BCUT2D eigenvalue weighted by Crippen LogP contribution is 2.26. The summed E-state index contributed by atoms with van der Waals surface area (Å²) >= 11 is 0. The molecule has 12 nitrogen and oxygen atoms in total. The Hall–Kier alpha value is -5.14. The highest BCUT2D eigenvalue weighted by atomic mass is 16.7. The maximum Gasteiger partial charge on any atom is 0.335 e. The first-order valence-corrected chi connectivity index (χ1v) is 31.2. The third-order valence-electron chi connectivity index (χ3n) is 13.2. The Morgan fingerprint density at radius 2 is 0.827 bits per heavy atom. The summed E-state index contributed by atoms with van der Waals surface area (Å²) in [5.74, 6) is -3.38. The molecule has 456 valence electrons. The number of hydrogen-bond donors (Lipinski definition) is 3. The Labute approximate surface area is 490 Å². The van der Waals surface area contributed by atoms with Crippen molar-refractivity contribution in [2.75, 3.05) is 13.2 Å². The van der Waals surface area contributed by atoms with Crippen LogP contribution in [-0.2, 0) is 42.9 Å². The van der Waals surface area contributed by atoms with E-state index in [2.05, 4.69) is 118 Å². The van der Waals surface area contributed by atoms with Crippen LogP contribution in [0.1, 0.15) is 226 Å². The fourth-order valence-corrected chi connectivity index (χ4v) is 8.53. The molecule has 0 amide bonds. The number of ether oxygens (including phenoxy) is 5. The van der Waals surface area contributed by atoms with Crippen molar-refractivity contribution in [3.8, 4) is 0 Å². The molecule has 1 rings (SSSR count). The van der Waals surface area contributed by atoms with Gasteiger partial charge in [0.05, 0.1) is 13.0 Å². The number of unbranched alkanes of at least 4 members (excludes halogenated alkanes) is 16. The number of aliphatic hydroxyl groups excluding tert-OH is 2. The molecule has 81 heavy (non-hydrogen) atoms. The van der Waals surface area contributed by atoms with Crippen molar-refractivity contribution < 1.29 is 58.2 Å². The molecule has 0 spiro atoms. The summed E-state index contributed by atoms with van der Waals surface area (Å²) in [5, 5.41) is 31.5. The molecule has 6 unspecified atom stereocenters. The van der Waals surface area contributed by atoms with E-state index >= 15 is 0 Å². The van der Waals surface area contributed by atoms with Gasteiger partial charge in [0.25, 0.3) is 0 Å². The lowest BCUT2D eigenvalue weighted by atomic mass is 9.98. The van der Waals surface area contributed by atoms with Crippen molar-refractivity contribution >= 4 is 23.9 Å². The van der Waals surface area contributed by atoms with Gasteiger partial charge < -0.3 is 39.0 Å². The molecule has 12 heteroatoms. The van der Waals surface area contributed by atoms with Gasteiger partial charge in [-0.05, 0) is 109 Å². The zero-order valence-corrected chi connectivity index (χ0v) is 50.2. The summed E-state index contributed by atoms with van der Waals surface area (Å²) in [4.78, 5) is 51.2. The molecule has 0 aromatic rings. The number of hydrogen-bond acceptors (Lipinski definition) is 11. The van der Waals surface area contributed by atoms with Gasteiger partial charge in [-0.15, -0.1) is 0 Å². The standard InChI is InChI=1S/C69H108O12/c1-4-7-10-13-16-19-22-25-28-30-31-33-35-37-40-43-46-49-52-55-61(70)77-58-60(79-62(71)56-53-50-47-44-41-38-34-27-24-21-18-15-12-9-6-3)59-78-69-67(65(74)64(73)66(81-69)68(75)76)80-63(72)57-54-51-48-45-42-39-36-32-29-26-23-20-17-14-11-8-5-2/h8-9,11-12,17-18,20-21,25-29,34,36,39,41,44-45,48,50,53,60,64-67,69,73-74H,4-7,10,13-16,19,22-24,30-33,35,37-38,40,42-43,46-47,49,51-52,54-59H2,1-3H3,(H,75,76)/b11-8-,12-9-,20-17-,21-18-,28-25-,29-26-,34-27-,39-36-,44-41-,48-45-,53-50-. The quantitative estimate of drug-likeness (QED) is 0.0228. The van der Waals surface area contributed by atoms with Crippen LogP contribution in [0.4, 0.5) is 0 Å². The van der Waals surface area contributed by atoms with Crippen LogP contribution in [0, 0.1) is 0 Å².